The Kier molecular flexibility index (Phi) is 6.67. The van der Waals surface area contributed by atoms with Gasteiger partial charge in [0.05, 0.1) is 18.2 Å². The first-order valence-corrected chi connectivity index (χ1v) is 11.5. The molecule has 4 atom stereocenters. The second kappa shape index (κ2) is 9.65. The number of nitrogens with zero attached hydrogens (tertiary/aromatic N) is 2. The van der Waals surface area contributed by atoms with Crippen molar-refractivity contribution in [3.63, 3.8) is 0 Å². The summed E-state index contributed by atoms with van der Waals surface area (Å²) in [6.07, 6.45) is 1.15. The van der Waals surface area contributed by atoms with Gasteiger partial charge in [-0.3, -0.25) is 14.5 Å². The molecule has 1 aliphatic carbocycles. The van der Waals surface area contributed by atoms with E-state index in [1.807, 2.05) is 61.5 Å². The average molecular weight is 451 g/mol. The van der Waals surface area contributed by atoms with Gasteiger partial charge in [-0.2, -0.15) is 0 Å². The summed E-state index contributed by atoms with van der Waals surface area (Å²) in [4.78, 5) is 41.2. The van der Waals surface area contributed by atoms with Crippen LogP contribution in [0.15, 0.2) is 54.6 Å². The van der Waals surface area contributed by atoms with E-state index in [1.54, 1.807) is 16.7 Å². The summed E-state index contributed by atoms with van der Waals surface area (Å²) >= 11 is 0. The third-order valence-corrected chi connectivity index (χ3v) is 6.81. The average Bonchev–Trinajstić information content (AvgIpc) is 2.79. The molecule has 0 spiro atoms. The topological polar surface area (TPSA) is 87.2 Å². The summed E-state index contributed by atoms with van der Waals surface area (Å²) in [5.41, 5.74) is 2.60. The summed E-state index contributed by atoms with van der Waals surface area (Å²) in [7, 11) is 0. The van der Waals surface area contributed by atoms with Crippen molar-refractivity contribution in [2.45, 2.75) is 51.8 Å². The van der Waals surface area contributed by atoms with Crippen LogP contribution in [0.5, 0.6) is 0 Å². The lowest BCUT2D eigenvalue weighted by molar-refractivity contribution is -0.146. The van der Waals surface area contributed by atoms with E-state index in [0.717, 1.165) is 29.7 Å². The number of rotatable bonds is 7. The number of anilines is 1. The minimum Gasteiger partial charge on any atom is -0.481 e. The van der Waals surface area contributed by atoms with Crippen LogP contribution in [0.4, 0.5) is 10.5 Å². The van der Waals surface area contributed by atoms with Crippen LogP contribution in [0, 0.1) is 11.8 Å². The molecule has 1 N–H and O–H groups in total. The first-order valence-electron chi connectivity index (χ1n) is 11.5. The Morgan fingerprint density at radius 2 is 1.79 bits per heavy atom. The van der Waals surface area contributed by atoms with E-state index in [0.29, 0.717) is 6.54 Å². The Bertz CT molecular complexity index is 1020. The van der Waals surface area contributed by atoms with Gasteiger partial charge in [-0.25, -0.2) is 4.79 Å². The Balaban J connectivity index is 1.61. The van der Waals surface area contributed by atoms with Crippen LogP contribution in [0.25, 0.3) is 0 Å². The van der Waals surface area contributed by atoms with Crippen LogP contribution in [0.2, 0.25) is 0 Å². The van der Waals surface area contributed by atoms with Crippen LogP contribution < -0.4 is 4.90 Å². The van der Waals surface area contributed by atoms with Crippen molar-refractivity contribution in [2.75, 3.05) is 11.4 Å². The van der Waals surface area contributed by atoms with Gasteiger partial charge in [0, 0.05) is 24.4 Å². The number of amides is 2. The van der Waals surface area contributed by atoms with Crippen molar-refractivity contribution in [1.82, 2.24) is 4.90 Å². The van der Waals surface area contributed by atoms with Crippen molar-refractivity contribution in [1.29, 1.82) is 0 Å². The molecule has 174 valence electrons. The number of benzene rings is 2. The Morgan fingerprint density at radius 1 is 1.09 bits per heavy atom. The van der Waals surface area contributed by atoms with Crippen molar-refractivity contribution in [3.8, 4) is 0 Å². The first-order chi connectivity index (χ1) is 15.9. The summed E-state index contributed by atoms with van der Waals surface area (Å²) in [5, 5.41) is 9.16. The van der Waals surface area contributed by atoms with Crippen LogP contribution in [-0.2, 0) is 20.9 Å². The molecule has 7 nitrogen and oxygen atoms in total. The fraction of sp³-hybridized carbons (Fsp3) is 0.423. The van der Waals surface area contributed by atoms with Crippen LogP contribution in [0.1, 0.15) is 50.3 Å². The van der Waals surface area contributed by atoms with Gasteiger partial charge in [0.2, 0.25) is 5.91 Å². The molecule has 0 saturated heterocycles. The molecule has 0 radical (unpaired) electrons. The summed E-state index contributed by atoms with van der Waals surface area (Å²) in [6, 6.07) is 17.0. The first kappa shape index (κ1) is 22.8. The minimum atomic E-state index is -0.982. The highest BCUT2D eigenvalue weighted by atomic mass is 16.6. The molecule has 1 aliphatic heterocycles. The predicted octanol–water partition coefficient (Wildman–Crippen LogP) is 4.62. The Hall–Kier alpha value is -3.35. The smallest absolute Gasteiger partial charge is 0.414 e. The molecule has 3 unspecified atom stereocenters. The summed E-state index contributed by atoms with van der Waals surface area (Å²) in [6.45, 7) is 4.26. The van der Waals surface area contributed by atoms with Crippen LogP contribution in [-0.4, -0.2) is 40.6 Å². The Labute approximate surface area is 193 Å². The lowest BCUT2D eigenvalue weighted by Gasteiger charge is -2.54. The maximum atomic E-state index is 13.2. The van der Waals surface area contributed by atoms with Gasteiger partial charge in [0.15, 0.2) is 0 Å². The minimum absolute atomic E-state index is 0.0511. The van der Waals surface area contributed by atoms with E-state index >= 15 is 0 Å². The van der Waals surface area contributed by atoms with E-state index < -0.39 is 11.9 Å². The van der Waals surface area contributed by atoms with Gasteiger partial charge in [-0.1, -0.05) is 55.5 Å². The lowest BCUT2D eigenvalue weighted by atomic mass is 9.68. The van der Waals surface area contributed by atoms with E-state index in [2.05, 4.69) is 0 Å². The normalized spacial score (nSPS) is 21.8. The number of carboxylic acid groups (broad SMARTS) is 1. The highest BCUT2D eigenvalue weighted by Crippen LogP contribution is 2.52. The number of para-hydroxylation sites is 1. The molecule has 2 aromatic rings. The maximum absolute atomic E-state index is 13.2. The van der Waals surface area contributed by atoms with E-state index in [-0.39, 0.29) is 43.0 Å². The lowest BCUT2D eigenvalue weighted by Crippen LogP contribution is -2.59. The van der Waals surface area contributed by atoms with E-state index in [1.165, 1.54) is 0 Å². The van der Waals surface area contributed by atoms with Gasteiger partial charge >= 0.3 is 12.1 Å². The molecule has 0 aromatic heterocycles. The SMILES string of the molecule is CCN(C(=O)[C@H](C)CC(=O)O)C1c2ccccc2N(C(=O)OCc2ccccc2)C2CCC12. The third-order valence-electron chi connectivity index (χ3n) is 6.81. The monoisotopic (exact) mass is 450 g/mol. The number of ether oxygens (including phenoxy) is 1. The number of carboxylic acids is 1. The molecule has 1 saturated carbocycles. The number of carbonyl (C=O) groups excluding carboxylic acids is 2. The molecule has 0 bridgehead atoms. The maximum Gasteiger partial charge on any atom is 0.414 e. The quantitative estimate of drug-likeness (QED) is 0.665. The van der Waals surface area contributed by atoms with Gasteiger partial charge < -0.3 is 14.7 Å². The van der Waals surface area contributed by atoms with Crippen molar-refractivity contribution in [3.05, 3.63) is 65.7 Å². The standard InChI is InChI=1S/C26H30N2O5/c1-3-27(25(31)17(2)15-23(29)30)24-19-11-7-8-12-21(19)28(22-14-13-20(22)24)26(32)33-16-18-9-5-4-6-10-18/h4-12,17,20,22,24H,3,13-16H2,1-2H3,(H,29,30)/t17-,20?,22?,24?/m1/s1. The molecule has 1 heterocycles. The molecule has 2 aliphatic rings. The number of aliphatic carboxylic acids is 1. The van der Waals surface area contributed by atoms with Crippen molar-refractivity contribution < 1.29 is 24.2 Å². The van der Waals surface area contributed by atoms with Gasteiger partial charge in [0.25, 0.3) is 0 Å². The molecule has 1 fully saturated rings. The molecular formula is C26H30N2O5. The van der Waals surface area contributed by atoms with Crippen LogP contribution in [0.3, 0.4) is 0 Å². The second-order valence-corrected chi connectivity index (χ2v) is 8.85. The number of fused-ring (bicyclic) bond motifs is 2. The van der Waals surface area contributed by atoms with E-state index in [9.17, 15) is 14.4 Å². The van der Waals surface area contributed by atoms with Gasteiger partial charge in [-0.05, 0) is 37.0 Å². The molecule has 4 rings (SSSR count). The summed E-state index contributed by atoms with van der Waals surface area (Å²) in [5.74, 6) is -1.66. The molecule has 2 amide bonds. The highest BCUT2D eigenvalue weighted by molar-refractivity contribution is 5.91. The zero-order valence-corrected chi connectivity index (χ0v) is 19.0. The fourth-order valence-corrected chi connectivity index (χ4v) is 5.11. The van der Waals surface area contributed by atoms with E-state index in [4.69, 9.17) is 9.84 Å². The second-order valence-electron chi connectivity index (χ2n) is 8.85. The highest BCUT2D eigenvalue weighted by Gasteiger charge is 2.51. The largest absolute Gasteiger partial charge is 0.481 e. The molecule has 7 heteroatoms. The number of carbonyl (C=O) groups is 3. The number of hydrogen-bond acceptors (Lipinski definition) is 4. The predicted molar refractivity (Wildman–Crippen MR) is 124 cm³/mol. The molecule has 33 heavy (non-hydrogen) atoms. The zero-order valence-electron chi connectivity index (χ0n) is 19.0. The van der Waals surface area contributed by atoms with Gasteiger partial charge in [-0.15, -0.1) is 0 Å². The molecule has 2 aromatic carbocycles. The van der Waals surface area contributed by atoms with Gasteiger partial charge in [0.1, 0.15) is 6.61 Å². The Morgan fingerprint density at radius 3 is 2.42 bits per heavy atom. The zero-order chi connectivity index (χ0) is 23.5. The van der Waals surface area contributed by atoms with Crippen molar-refractivity contribution in [2.24, 2.45) is 11.8 Å². The van der Waals surface area contributed by atoms with Crippen LogP contribution >= 0.6 is 0 Å². The summed E-state index contributed by atoms with van der Waals surface area (Å²) < 4.78 is 5.67. The van der Waals surface area contributed by atoms with Crippen molar-refractivity contribution >= 4 is 23.7 Å². The fourth-order valence-electron chi connectivity index (χ4n) is 5.11. The molecular weight excluding hydrogens is 420 g/mol. The number of hydrogen-bond donors (Lipinski definition) is 1. The third kappa shape index (κ3) is 4.45.